The van der Waals surface area contributed by atoms with Crippen LogP contribution in [0.5, 0.6) is 5.75 Å². The topological polar surface area (TPSA) is 27.1 Å². The first-order valence-electron chi connectivity index (χ1n) is 9.54. The zero-order valence-corrected chi connectivity index (χ0v) is 16.9. The molecule has 1 aromatic heterocycles. The summed E-state index contributed by atoms with van der Waals surface area (Å²) in [5.41, 5.74) is 5.50. The van der Waals surface area contributed by atoms with Gasteiger partial charge in [-0.1, -0.05) is 48.0 Å². The number of para-hydroxylation sites is 2. The minimum absolute atomic E-state index is 0.652. The van der Waals surface area contributed by atoms with Crippen LogP contribution in [0.15, 0.2) is 66.7 Å². The van der Waals surface area contributed by atoms with Crippen molar-refractivity contribution in [3.05, 3.63) is 82.9 Å². The van der Waals surface area contributed by atoms with E-state index in [2.05, 4.69) is 30.5 Å². The van der Waals surface area contributed by atoms with Gasteiger partial charge in [0.15, 0.2) is 0 Å². The molecule has 1 heterocycles. The molecular weight excluding hydrogens is 368 g/mol. The lowest BCUT2D eigenvalue weighted by atomic mass is 10.1. The first-order valence-corrected chi connectivity index (χ1v) is 9.92. The lowest BCUT2D eigenvalue weighted by molar-refractivity contribution is 0.301. The van der Waals surface area contributed by atoms with Crippen LogP contribution in [0.1, 0.15) is 17.5 Å². The van der Waals surface area contributed by atoms with Gasteiger partial charge < -0.3 is 9.30 Å². The molecule has 0 aliphatic rings. The maximum Gasteiger partial charge on any atom is 0.142 e. The van der Waals surface area contributed by atoms with Gasteiger partial charge in [0.2, 0.25) is 0 Å². The zero-order chi connectivity index (χ0) is 19.5. The standard InChI is InChI=1S/C24H23ClN2O/c1-17-9-7-14-23(18(17)2)28-16-8-15-27-22-13-6-5-12-21(22)26-24(27)19-10-3-4-11-20(19)25/h3-7,9-14H,8,15-16H2,1-2H3. The molecule has 4 aromatic rings. The number of rotatable bonds is 6. The Bertz CT molecular complexity index is 1120. The third kappa shape index (κ3) is 3.63. The molecule has 4 rings (SSSR count). The van der Waals surface area contributed by atoms with E-state index < -0.39 is 0 Å². The van der Waals surface area contributed by atoms with Gasteiger partial charge in [0.05, 0.1) is 22.7 Å². The summed E-state index contributed by atoms with van der Waals surface area (Å²) in [6.07, 6.45) is 0.880. The summed E-state index contributed by atoms with van der Waals surface area (Å²) in [7, 11) is 0. The molecule has 3 nitrogen and oxygen atoms in total. The molecule has 3 aromatic carbocycles. The summed E-state index contributed by atoms with van der Waals surface area (Å²) in [4.78, 5) is 4.84. The Morgan fingerprint density at radius 3 is 2.57 bits per heavy atom. The van der Waals surface area contributed by atoms with Gasteiger partial charge in [-0.3, -0.25) is 0 Å². The fraction of sp³-hybridized carbons (Fsp3) is 0.208. The highest BCUT2D eigenvalue weighted by Gasteiger charge is 2.14. The third-order valence-electron chi connectivity index (χ3n) is 5.11. The van der Waals surface area contributed by atoms with Gasteiger partial charge in [-0.15, -0.1) is 0 Å². The molecule has 0 amide bonds. The van der Waals surface area contributed by atoms with E-state index >= 15 is 0 Å². The van der Waals surface area contributed by atoms with Gasteiger partial charge in [0.25, 0.3) is 0 Å². The Kier molecular flexibility index (Phi) is 5.36. The summed E-state index contributed by atoms with van der Waals surface area (Å²) >= 11 is 6.45. The third-order valence-corrected chi connectivity index (χ3v) is 5.44. The van der Waals surface area contributed by atoms with Crippen LogP contribution in [0.3, 0.4) is 0 Å². The highest BCUT2D eigenvalue weighted by molar-refractivity contribution is 6.33. The predicted octanol–water partition coefficient (Wildman–Crippen LogP) is 6.44. The normalized spacial score (nSPS) is 11.1. The van der Waals surface area contributed by atoms with E-state index in [4.69, 9.17) is 21.3 Å². The molecule has 28 heavy (non-hydrogen) atoms. The molecule has 0 saturated carbocycles. The largest absolute Gasteiger partial charge is 0.493 e. The zero-order valence-electron chi connectivity index (χ0n) is 16.2. The Hall–Kier alpha value is -2.78. The van der Waals surface area contributed by atoms with Crippen molar-refractivity contribution < 1.29 is 4.74 Å². The van der Waals surface area contributed by atoms with Crippen LogP contribution in [0.2, 0.25) is 5.02 Å². The summed E-state index contributed by atoms with van der Waals surface area (Å²) in [5, 5.41) is 0.714. The number of hydrogen-bond acceptors (Lipinski definition) is 2. The van der Waals surface area contributed by atoms with Crippen molar-refractivity contribution in [1.29, 1.82) is 0 Å². The average Bonchev–Trinajstić information content (AvgIpc) is 3.07. The second-order valence-corrected chi connectivity index (χ2v) is 7.36. The Labute approximate surface area is 170 Å². The Morgan fingerprint density at radius 1 is 0.929 bits per heavy atom. The smallest absolute Gasteiger partial charge is 0.142 e. The molecule has 0 aliphatic heterocycles. The minimum atomic E-state index is 0.652. The number of benzene rings is 3. The fourth-order valence-electron chi connectivity index (χ4n) is 3.44. The molecule has 0 fully saturated rings. The molecule has 0 bridgehead atoms. The number of nitrogens with zero attached hydrogens (tertiary/aromatic N) is 2. The van der Waals surface area contributed by atoms with Crippen LogP contribution in [0.25, 0.3) is 22.4 Å². The van der Waals surface area contributed by atoms with E-state index in [1.807, 2.05) is 54.6 Å². The molecule has 0 atom stereocenters. The molecule has 0 unspecified atom stereocenters. The minimum Gasteiger partial charge on any atom is -0.493 e. The van der Waals surface area contributed by atoms with Gasteiger partial charge in [-0.25, -0.2) is 4.98 Å². The van der Waals surface area contributed by atoms with Gasteiger partial charge >= 0.3 is 0 Å². The number of ether oxygens (including phenoxy) is 1. The van der Waals surface area contributed by atoms with Crippen LogP contribution in [-0.2, 0) is 6.54 Å². The Morgan fingerprint density at radius 2 is 1.71 bits per heavy atom. The van der Waals surface area contributed by atoms with Crippen molar-refractivity contribution in [2.24, 2.45) is 0 Å². The second-order valence-electron chi connectivity index (χ2n) is 6.96. The molecule has 0 N–H and O–H groups in total. The van der Waals surface area contributed by atoms with E-state index in [-0.39, 0.29) is 0 Å². The van der Waals surface area contributed by atoms with Gasteiger partial charge in [0, 0.05) is 12.1 Å². The van der Waals surface area contributed by atoms with Crippen molar-refractivity contribution in [3.63, 3.8) is 0 Å². The van der Waals surface area contributed by atoms with E-state index in [0.29, 0.717) is 11.6 Å². The van der Waals surface area contributed by atoms with Crippen LogP contribution < -0.4 is 4.74 Å². The Balaban J connectivity index is 1.57. The number of hydrogen-bond donors (Lipinski definition) is 0. The van der Waals surface area contributed by atoms with E-state index in [1.165, 1.54) is 11.1 Å². The maximum absolute atomic E-state index is 6.45. The van der Waals surface area contributed by atoms with Crippen LogP contribution in [0, 0.1) is 13.8 Å². The fourth-order valence-corrected chi connectivity index (χ4v) is 3.66. The lowest BCUT2D eigenvalue weighted by Crippen LogP contribution is -2.07. The highest BCUT2D eigenvalue weighted by atomic mass is 35.5. The molecule has 0 aliphatic carbocycles. The molecule has 0 spiro atoms. The quantitative estimate of drug-likeness (QED) is 0.354. The van der Waals surface area contributed by atoms with Crippen molar-refractivity contribution >= 4 is 22.6 Å². The van der Waals surface area contributed by atoms with Gasteiger partial charge in [0.1, 0.15) is 11.6 Å². The van der Waals surface area contributed by atoms with Crippen molar-refractivity contribution in [2.45, 2.75) is 26.8 Å². The maximum atomic E-state index is 6.45. The van der Waals surface area contributed by atoms with Crippen LogP contribution in [0.4, 0.5) is 0 Å². The number of fused-ring (bicyclic) bond motifs is 1. The summed E-state index contributed by atoms with van der Waals surface area (Å²) < 4.78 is 8.28. The summed E-state index contributed by atoms with van der Waals surface area (Å²) in [6, 6.07) is 22.2. The van der Waals surface area contributed by atoms with E-state index in [9.17, 15) is 0 Å². The predicted molar refractivity (Wildman–Crippen MR) is 116 cm³/mol. The van der Waals surface area contributed by atoms with Gasteiger partial charge in [-0.2, -0.15) is 0 Å². The summed E-state index contributed by atoms with van der Waals surface area (Å²) in [5.74, 6) is 1.86. The second kappa shape index (κ2) is 8.07. The monoisotopic (exact) mass is 390 g/mol. The van der Waals surface area contributed by atoms with Crippen molar-refractivity contribution in [1.82, 2.24) is 9.55 Å². The number of aromatic nitrogens is 2. The summed E-state index contributed by atoms with van der Waals surface area (Å²) in [6.45, 7) is 5.67. The molecule has 4 heteroatoms. The average molecular weight is 391 g/mol. The first-order chi connectivity index (χ1) is 13.6. The lowest BCUT2D eigenvalue weighted by Gasteiger charge is -2.13. The number of imidazole rings is 1. The molecular formula is C24H23ClN2O. The number of aryl methyl sites for hydroxylation is 2. The molecule has 142 valence electrons. The van der Waals surface area contributed by atoms with Crippen molar-refractivity contribution in [2.75, 3.05) is 6.61 Å². The van der Waals surface area contributed by atoms with Gasteiger partial charge in [-0.05, 0) is 61.7 Å². The highest BCUT2D eigenvalue weighted by Crippen LogP contribution is 2.30. The van der Waals surface area contributed by atoms with E-state index in [0.717, 1.165) is 41.1 Å². The van der Waals surface area contributed by atoms with Crippen molar-refractivity contribution in [3.8, 4) is 17.1 Å². The van der Waals surface area contributed by atoms with Crippen LogP contribution >= 0.6 is 11.6 Å². The first kappa shape index (κ1) is 18.6. The SMILES string of the molecule is Cc1cccc(OCCCn2c(-c3ccccc3Cl)nc3ccccc32)c1C. The van der Waals surface area contributed by atoms with E-state index in [1.54, 1.807) is 0 Å². The molecule has 0 saturated heterocycles. The number of halogens is 1. The van der Waals surface area contributed by atoms with Crippen LogP contribution in [-0.4, -0.2) is 16.2 Å². The molecule has 0 radical (unpaired) electrons.